The van der Waals surface area contributed by atoms with Gasteiger partial charge in [-0.2, -0.15) is 4.31 Å². The highest BCUT2D eigenvalue weighted by Gasteiger charge is 2.46. The molecule has 2 saturated heterocycles. The van der Waals surface area contributed by atoms with Crippen molar-refractivity contribution in [1.29, 1.82) is 0 Å². The van der Waals surface area contributed by atoms with E-state index in [1.807, 2.05) is 6.92 Å². The zero-order valence-electron chi connectivity index (χ0n) is 15.3. The van der Waals surface area contributed by atoms with Crippen LogP contribution in [-0.2, 0) is 10.0 Å². The van der Waals surface area contributed by atoms with Gasteiger partial charge in [0.1, 0.15) is 5.25 Å². The topological polar surface area (TPSA) is 43.9 Å². The lowest BCUT2D eigenvalue weighted by Gasteiger charge is -2.50. The zero-order chi connectivity index (χ0) is 16.9. The van der Waals surface area contributed by atoms with Crippen molar-refractivity contribution in [2.45, 2.75) is 70.8 Å². The Bertz CT molecular complexity index is 498. The normalized spacial score (nSPS) is 27.9. The Morgan fingerprint density at radius 2 is 1.32 bits per heavy atom. The fourth-order valence-electron chi connectivity index (χ4n) is 3.29. The highest BCUT2D eigenvalue weighted by molar-refractivity contribution is 7.89. The molecule has 22 heavy (non-hydrogen) atoms. The van der Waals surface area contributed by atoms with Gasteiger partial charge in [0.2, 0.25) is 10.0 Å². The van der Waals surface area contributed by atoms with Crippen molar-refractivity contribution in [3.8, 4) is 0 Å². The highest BCUT2D eigenvalue weighted by Crippen LogP contribution is 2.29. The van der Waals surface area contributed by atoms with Gasteiger partial charge in [0.15, 0.2) is 0 Å². The summed E-state index contributed by atoms with van der Waals surface area (Å²) in [5, 5.41) is -0.227. The Labute approximate surface area is 136 Å². The van der Waals surface area contributed by atoms with Gasteiger partial charge in [0.05, 0.1) is 0 Å². The highest BCUT2D eigenvalue weighted by atomic mass is 32.2. The molecule has 0 aromatic heterocycles. The Morgan fingerprint density at radius 1 is 0.818 bits per heavy atom. The largest absolute Gasteiger partial charge is 0.296 e. The van der Waals surface area contributed by atoms with Gasteiger partial charge in [-0.3, -0.25) is 9.80 Å². The van der Waals surface area contributed by atoms with Crippen LogP contribution in [0.25, 0.3) is 0 Å². The third-order valence-corrected chi connectivity index (χ3v) is 7.40. The van der Waals surface area contributed by atoms with Crippen molar-refractivity contribution >= 4 is 10.0 Å². The first-order chi connectivity index (χ1) is 9.83. The minimum Gasteiger partial charge on any atom is -0.296 e. The van der Waals surface area contributed by atoms with E-state index in [-0.39, 0.29) is 22.4 Å². The smallest absolute Gasteiger partial charge is 0.219 e. The fraction of sp³-hybridized carbons (Fsp3) is 1.00. The second-order valence-electron chi connectivity index (χ2n) is 8.82. The van der Waals surface area contributed by atoms with Gasteiger partial charge in [-0.1, -0.05) is 0 Å². The van der Waals surface area contributed by atoms with E-state index in [0.29, 0.717) is 19.6 Å². The molecule has 0 N–H and O–H groups in total. The average molecular weight is 332 g/mol. The van der Waals surface area contributed by atoms with Crippen LogP contribution in [0.3, 0.4) is 0 Å². The first kappa shape index (κ1) is 18.2. The second kappa shape index (κ2) is 5.72. The lowest BCUT2D eigenvalue weighted by atomic mass is 10.0. The van der Waals surface area contributed by atoms with E-state index in [9.17, 15) is 8.42 Å². The maximum atomic E-state index is 12.9. The van der Waals surface area contributed by atoms with Gasteiger partial charge < -0.3 is 0 Å². The summed E-state index contributed by atoms with van der Waals surface area (Å²) in [6, 6.07) is 0.0571. The summed E-state index contributed by atoms with van der Waals surface area (Å²) in [6.07, 6.45) is 0. The standard InChI is InChI=1S/C16H33N3O2S/c1-13-10-17(15(2,3)4)8-9-19(13)22(20,21)14-11-18(12-14)16(5,6)7/h13-14H,8-12H2,1-7H3. The summed E-state index contributed by atoms with van der Waals surface area (Å²) < 4.78 is 27.5. The lowest BCUT2D eigenvalue weighted by molar-refractivity contribution is 0.0533. The van der Waals surface area contributed by atoms with Crippen LogP contribution in [0.15, 0.2) is 0 Å². The quantitative estimate of drug-likeness (QED) is 0.771. The summed E-state index contributed by atoms with van der Waals surface area (Å²) in [6.45, 7) is 18.6. The fourth-order valence-corrected chi connectivity index (χ4v) is 5.32. The van der Waals surface area contributed by atoms with Crippen LogP contribution in [0.1, 0.15) is 48.5 Å². The number of piperazine rings is 1. The molecular weight excluding hydrogens is 298 g/mol. The van der Waals surface area contributed by atoms with Crippen LogP contribution in [-0.4, -0.2) is 77.6 Å². The Kier molecular flexibility index (Phi) is 4.73. The number of nitrogens with zero attached hydrogens (tertiary/aromatic N) is 3. The predicted molar refractivity (Wildman–Crippen MR) is 91.5 cm³/mol. The monoisotopic (exact) mass is 331 g/mol. The predicted octanol–water partition coefficient (Wildman–Crippen LogP) is 1.60. The summed E-state index contributed by atoms with van der Waals surface area (Å²) in [5.41, 5.74) is 0.159. The molecule has 2 fully saturated rings. The maximum absolute atomic E-state index is 12.9. The minimum atomic E-state index is -3.17. The van der Waals surface area contributed by atoms with Gasteiger partial charge in [0.25, 0.3) is 0 Å². The van der Waals surface area contributed by atoms with Crippen molar-refractivity contribution < 1.29 is 8.42 Å². The minimum absolute atomic E-state index is 0.0571. The van der Waals surface area contributed by atoms with E-state index >= 15 is 0 Å². The van der Waals surface area contributed by atoms with Gasteiger partial charge in [-0.15, -0.1) is 0 Å². The molecule has 130 valence electrons. The van der Waals surface area contributed by atoms with Crippen LogP contribution in [0.2, 0.25) is 0 Å². The number of sulfonamides is 1. The molecule has 2 aliphatic heterocycles. The molecule has 0 aliphatic carbocycles. The summed E-state index contributed by atoms with van der Waals surface area (Å²) in [7, 11) is -3.17. The molecule has 2 aliphatic rings. The van der Waals surface area contributed by atoms with Gasteiger partial charge >= 0.3 is 0 Å². The van der Waals surface area contributed by atoms with Crippen molar-refractivity contribution in [3.63, 3.8) is 0 Å². The summed E-state index contributed by atoms with van der Waals surface area (Å²) in [5.74, 6) is 0. The molecule has 1 atom stereocenters. The van der Waals surface area contributed by atoms with Crippen molar-refractivity contribution in [1.82, 2.24) is 14.1 Å². The van der Waals surface area contributed by atoms with E-state index in [2.05, 4.69) is 51.3 Å². The number of rotatable bonds is 2. The molecule has 2 heterocycles. The SMILES string of the molecule is CC1CN(C(C)(C)C)CCN1S(=O)(=O)C1CN(C(C)(C)C)C1. The molecule has 0 bridgehead atoms. The zero-order valence-corrected chi connectivity index (χ0v) is 16.1. The second-order valence-corrected chi connectivity index (χ2v) is 11.0. The lowest BCUT2D eigenvalue weighted by Crippen LogP contribution is -2.66. The van der Waals surface area contributed by atoms with E-state index in [4.69, 9.17) is 0 Å². The van der Waals surface area contributed by atoms with Crippen molar-refractivity contribution in [2.24, 2.45) is 0 Å². The molecule has 0 aromatic carbocycles. The van der Waals surface area contributed by atoms with Gasteiger partial charge in [-0.25, -0.2) is 8.42 Å². The van der Waals surface area contributed by atoms with Crippen LogP contribution >= 0.6 is 0 Å². The molecule has 6 heteroatoms. The Hall–Kier alpha value is -0.170. The summed E-state index contributed by atoms with van der Waals surface area (Å²) in [4.78, 5) is 4.62. The van der Waals surface area contributed by atoms with Crippen molar-refractivity contribution in [2.75, 3.05) is 32.7 Å². The molecule has 1 unspecified atom stereocenters. The van der Waals surface area contributed by atoms with Crippen LogP contribution < -0.4 is 0 Å². The van der Waals surface area contributed by atoms with E-state index < -0.39 is 10.0 Å². The van der Waals surface area contributed by atoms with E-state index in [0.717, 1.165) is 13.1 Å². The summed E-state index contributed by atoms with van der Waals surface area (Å²) >= 11 is 0. The van der Waals surface area contributed by atoms with Crippen LogP contribution in [0.4, 0.5) is 0 Å². The van der Waals surface area contributed by atoms with E-state index in [1.54, 1.807) is 4.31 Å². The Morgan fingerprint density at radius 3 is 1.73 bits per heavy atom. The molecule has 5 nitrogen and oxygen atoms in total. The molecule has 0 spiro atoms. The molecule has 0 amide bonds. The maximum Gasteiger partial charge on any atom is 0.219 e. The first-order valence-electron chi connectivity index (χ1n) is 8.34. The molecule has 2 rings (SSSR count). The average Bonchev–Trinajstić information content (AvgIpc) is 2.22. The number of hydrogen-bond acceptors (Lipinski definition) is 4. The first-order valence-corrected chi connectivity index (χ1v) is 9.84. The molecule has 0 saturated carbocycles. The molecule has 0 radical (unpaired) electrons. The van der Waals surface area contributed by atoms with Gasteiger partial charge in [0, 0.05) is 49.8 Å². The third-order valence-electron chi connectivity index (χ3n) is 5.06. The van der Waals surface area contributed by atoms with Crippen LogP contribution in [0.5, 0.6) is 0 Å². The number of hydrogen-bond donors (Lipinski definition) is 0. The van der Waals surface area contributed by atoms with Gasteiger partial charge in [-0.05, 0) is 48.5 Å². The van der Waals surface area contributed by atoms with Crippen LogP contribution in [0, 0.1) is 0 Å². The third kappa shape index (κ3) is 3.50. The van der Waals surface area contributed by atoms with Crippen molar-refractivity contribution in [3.05, 3.63) is 0 Å². The van der Waals surface area contributed by atoms with E-state index in [1.165, 1.54) is 0 Å². The Balaban J connectivity index is 2.01. The molecular formula is C16H33N3O2S. The molecule has 0 aromatic rings. The number of likely N-dealkylation sites (tertiary alicyclic amines) is 1.